The van der Waals surface area contributed by atoms with Gasteiger partial charge in [0.2, 0.25) is 0 Å². The summed E-state index contributed by atoms with van der Waals surface area (Å²) in [7, 11) is 0. The van der Waals surface area contributed by atoms with Crippen LogP contribution in [0.5, 0.6) is 0 Å². The minimum absolute atomic E-state index is 0. The molecule has 0 fully saturated rings. The molecule has 2 nitrogen and oxygen atoms in total. The van der Waals surface area contributed by atoms with Gasteiger partial charge in [0.05, 0.1) is 0 Å². The third-order valence-corrected chi connectivity index (χ3v) is 2.55. The second kappa shape index (κ2) is 15.0. The van der Waals surface area contributed by atoms with Crippen LogP contribution in [-0.4, -0.2) is 13.1 Å². The second-order valence-electron chi connectivity index (χ2n) is 4.05. The lowest BCUT2D eigenvalue weighted by molar-refractivity contribution is 0.969. The normalized spacial score (nSPS) is 8.50. The van der Waals surface area contributed by atoms with Gasteiger partial charge >= 0.3 is 0 Å². The van der Waals surface area contributed by atoms with Crippen molar-refractivity contribution in [2.24, 2.45) is 11.5 Å². The smallest absolute Gasteiger partial charge is 0.00367 e. The highest BCUT2D eigenvalue weighted by atomic mass is 127. The van der Waals surface area contributed by atoms with Crippen LogP contribution in [0.4, 0.5) is 0 Å². The molecule has 0 saturated heterocycles. The summed E-state index contributed by atoms with van der Waals surface area (Å²) in [6.45, 7) is 1.48. The number of hydrogen-bond acceptors (Lipinski definition) is 2. The van der Waals surface area contributed by atoms with E-state index >= 15 is 0 Å². The topological polar surface area (TPSA) is 52.0 Å². The molecule has 0 radical (unpaired) electrons. The first-order valence-electron chi connectivity index (χ1n) is 6.34. The van der Waals surface area contributed by atoms with E-state index in [2.05, 4.69) is 24.3 Å². The van der Waals surface area contributed by atoms with Crippen molar-refractivity contribution in [3.63, 3.8) is 0 Å². The Morgan fingerprint density at radius 2 is 0.900 bits per heavy atom. The summed E-state index contributed by atoms with van der Waals surface area (Å²) in [5.41, 5.74) is 13.4. The van der Waals surface area contributed by atoms with E-state index in [1.807, 2.05) is 36.4 Å². The SMILES string of the molecule is Br.I.NCCc1ccccc1.NCCc1ccccc1. The van der Waals surface area contributed by atoms with Crippen molar-refractivity contribution in [2.45, 2.75) is 12.8 Å². The Morgan fingerprint density at radius 1 is 0.600 bits per heavy atom. The molecule has 0 aromatic heterocycles. The van der Waals surface area contributed by atoms with Crippen molar-refractivity contribution in [1.82, 2.24) is 0 Å². The van der Waals surface area contributed by atoms with Gasteiger partial charge < -0.3 is 11.5 Å². The number of rotatable bonds is 4. The van der Waals surface area contributed by atoms with E-state index in [1.165, 1.54) is 11.1 Å². The quantitative estimate of drug-likeness (QED) is 0.699. The summed E-state index contributed by atoms with van der Waals surface area (Å²) in [6.07, 6.45) is 1.97. The lowest BCUT2D eigenvalue weighted by Gasteiger charge is -1.93. The Bertz CT molecular complexity index is 368. The molecule has 112 valence electrons. The lowest BCUT2D eigenvalue weighted by Crippen LogP contribution is -2.01. The fourth-order valence-corrected chi connectivity index (χ4v) is 1.62. The number of halogens is 2. The molecule has 4 N–H and O–H groups in total. The van der Waals surface area contributed by atoms with Crippen molar-refractivity contribution in [3.05, 3.63) is 71.8 Å². The van der Waals surface area contributed by atoms with E-state index in [4.69, 9.17) is 11.5 Å². The van der Waals surface area contributed by atoms with Gasteiger partial charge in [-0.25, -0.2) is 0 Å². The van der Waals surface area contributed by atoms with Crippen LogP contribution >= 0.6 is 41.0 Å². The highest BCUT2D eigenvalue weighted by Gasteiger charge is 1.85. The zero-order valence-corrected chi connectivity index (χ0v) is 15.6. The van der Waals surface area contributed by atoms with Crippen LogP contribution in [0.15, 0.2) is 60.7 Å². The third kappa shape index (κ3) is 10.4. The van der Waals surface area contributed by atoms with Crippen LogP contribution in [0.1, 0.15) is 11.1 Å². The van der Waals surface area contributed by atoms with Crippen LogP contribution < -0.4 is 11.5 Å². The van der Waals surface area contributed by atoms with Crippen LogP contribution in [-0.2, 0) is 12.8 Å². The molecular weight excluding hydrogens is 427 g/mol. The summed E-state index contributed by atoms with van der Waals surface area (Å²) in [5, 5.41) is 0. The summed E-state index contributed by atoms with van der Waals surface area (Å²) in [5.74, 6) is 0. The van der Waals surface area contributed by atoms with Gasteiger partial charge in [-0.15, -0.1) is 41.0 Å². The maximum atomic E-state index is 5.36. The molecule has 0 aliphatic heterocycles. The Morgan fingerprint density at radius 3 is 1.15 bits per heavy atom. The van der Waals surface area contributed by atoms with Gasteiger partial charge in [-0.3, -0.25) is 0 Å². The zero-order valence-electron chi connectivity index (χ0n) is 11.6. The fraction of sp³-hybridized carbons (Fsp3) is 0.250. The predicted molar refractivity (Wildman–Crippen MR) is 104 cm³/mol. The first-order chi connectivity index (χ1) is 8.86. The first-order valence-corrected chi connectivity index (χ1v) is 6.34. The Kier molecular flexibility index (Phi) is 16.4. The Hall–Kier alpha value is -0.430. The molecule has 20 heavy (non-hydrogen) atoms. The molecule has 2 rings (SSSR count). The molecule has 2 aromatic rings. The van der Waals surface area contributed by atoms with Crippen molar-refractivity contribution in [3.8, 4) is 0 Å². The maximum absolute atomic E-state index is 5.36. The highest BCUT2D eigenvalue weighted by molar-refractivity contribution is 14.0. The molecule has 0 amide bonds. The van der Waals surface area contributed by atoms with Gasteiger partial charge in [-0.2, -0.15) is 0 Å². The minimum atomic E-state index is 0. The largest absolute Gasteiger partial charge is 0.330 e. The van der Waals surface area contributed by atoms with Crippen LogP contribution in [0.3, 0.4) is 0 Å². The van der Waals surface area contributed by atoms with E-state index in [1.54, 1.807) is 0 Å². The van der Waals surface area contributed by atoms with Crippen LogP contribution in [0, 0.1) is 0 Å². The molecule has 4 heteroatoms. The predicted octanol–water partition coefficient (Wildman–Crippen LogP) is 3.57. The Labute approximate surface area is 149 Å². The van der Waals surface area contributed by atoms with Gasteiger partial charge in [0.15, 0.2) is 0 Å². The van der Waals surface area contributed by atoms with Crippen molar-refractivity contribution in [1.29, 1.82) is 0 Å². The summed E-state index contributed by atoms with van der Waals surface area (Å²) < 4.78 is 0. The van der Waals surface area contributed by atoms with E-state index in [0.29, 0.717) is 0 Å². The third-order valence-electron chi connectivity index (χ3n) is 2.55. The molecule has 0 saturated carbocycles. The van der Waals surface area contributed by atoms with E-state index < -0.39 is 0 Å². The van der Waals surface area contributed by atoms with Crippen LogP contribution in [0.2, 0.25) is 0 Å². The van der Waals surface area contributed by atoms with E-state index in [0.717, 1.165) is 25.9 Å². The zero-order chi connectivity index (χ0) is 13.1. The average molecular weight is 451 g/mol. The molecular formula is C16H24BrIN2. The highest BCUT2D eigenvalue weighted by Crippen LogP contribution is 1.97. The second-order valence-corrected chi connectivity index (χ2v) is 4.05. The first kappa shape index (κ1) is 21.9. The van der Waals surface area contributed by atoms with Crippen molar-refractivity contribution < 1.29 is 0 Å². The van der Waals surface area contributed by atoms with E-state index in [-0.39, 0.29) is 41.0 Å². The standard InChI is InChI=1S/2C8H11N.BrH.HI/c2*9-7-6-8-4-2-1-3-5-8;;/h2*1-5H,6-7,9H2;2*1H. The van der Waals surface area contributed by atoms with Gasteiger partial charge in [-0.1, -0.05) is 60.7 Å². The van der Waals surface area contributed by atoms with Gasteiger partial charge in [0.1, 0.15) is 0 Å². The van der Waals surface area contributed by atoms with Gasteiger partial charge in [0.25, 0.3) is 0 Å². The molecule has 0 aliphatic carbocycles. The summed E-state index contributed by atoms with van der Waals surface area (Å²) in [4.78, 5) is 0. The fourth-order valence-electron chi connectivity index (χ4n) is 1.62. The molecule has 0 unspecified atom stereocenters. The number of benzene rings is 2. The van der Waals surface area contributed by atoms with Crippen molar-refractivity contribution in [2.75, 3.05) is 13.1 Å². The molecule has 0 bridgehead atoms. The number of nitrogens with two attached hydrogens (primary N) is 2. The van der Waals surface area contributed by atoms with Crippen molar-refractivity contribution >= 4 is 41.0 Å². The van der Waals surface area contributed by atoms with Gasteiger partial charge in [-0.05, 0) is 37.1 Å². The monoisotopic (exact) mass is 450 g/mol. The molecule has 0 atom stereocenters. The number of hydrogen-bond donors (Lipinski definition) is 2. The average Bonchev–Trinajstić information content (AvgIpc) is 2.43. The van der Waals surface area contributed by atoms with E-state index in [9.17, 15) is 0 Å². The Balaban J connectivity index is 0. The molecule has 0 aliphatic rings. The summed E-state index contributed by atoms with van der Waals surface area (Å²) in [6, 6.07) is 20.5. The maximum Gasteiger partial charge on any atom is -0.00367 e. The van der Waals surface area contributed by atoms with Gasteiger partial charge in [0, 0.05) is 0 Å². The molecule has 2 aromatic carbocycles. The molecule has 0 spiro atoms. The minimum Gasteiger partial charge on any atom is -0.330 e. The summed E-state index contributed by atoms with van der Waals surface area (Å²) >= 11 is 0. The lowest BCUT2D eigenvalue weighted by atomic mass is 10.2. The van der Waals surface area contributed by atoms with Crippen LogP contribution in [0.25, 0.3) is 0 Å². The molecule has 0 heterocycles.